The van der Waals surface area contributed by atoms with Gasteiger partial charge in [-0.05, 0) is 28.7 Å². The van der Waals surface area contributed by atoms with E-state index in [1.54, 1.807) is 19.4 Å². The molecule has 0 saturated heterocycles. The number of hydrogen-bond donors (Lipinski definition) is 1. The molecule has 54 valence electrons. The zero-order chi connectivity index (χ0) is 7.56. The van der Waals surface area contributed by atoms with Crippen molar-refractivity contribution in [2.75, 3.05) is 12.8 Å². The maximum absolute atomic E-state index is 5.41. The topological polar surface area (TPSA) is 48.1 Å². The normalized spacial score (nSPS) is 9.40. The molecule has 0 radical (unpaired) electrons. The molecule has 0 fully saturated rings. The summed E-state index contributed by atoms with van der Waals surface area (Å²) in [6, 6.07) is 1.76. The van der Waals surface area contributed by atoms with Crippen LogP contribution < -0.4 is 10.5 Å². The van der Waals surface area contributed by atoms with Crippen LogP contribution in [0.2, 0.25) is 0 Å². The molecule has 0 aromatic carbocycles. The smallest absolute Gasteiger partial charge is 0.150 e. The van der Waals surface area contributed by atoms with Crippen LogP contribution in [0, 0.1) is 3.57 Å². The number of nitrogen functional groups attached to an aromatic ring is 1. The Balaban J connectivity index is 3.07. The molecule has 0 atom stereocenters. The van der Waals surface area contributed by atoms with Gasteiger partial charge in [0, 0.05) is 0 Å². The van der Waals surface area contributed by atoms with E-state index in [0.29, 0.717) is 5.82 Å². The second-order valence-corrected chi connectivity index (χ2v) is 2.91. The highest BCUT2D eigenvalue weighted by Crippen LogP contribution is 2.19. The minimum absolute atomic E-state index is 0.519. The Labute approximate surface area is 72.7 Å². The van der Waals surface area contributed by atoms with Gasteiger partial charge in [-0.15, -0.1) is 0 Å². The minimum atomic E-state index is 0.519. The molecule has 0 aliphatic heterocycles. The van der Waals surface area contributed by atoms with Gasteiger partial charge in [0.25, 0.3) is 0 Å². The van der Waals surface area contributed by atoms with E-state index in [4.69, 9.17) is 10.5 Å². The molecule has 0 spiro atoms. The third-order valence-corrected chi connectivity index (χ3v) is 1.90. The van der Waals surface area contributed by atoms with E-state index in [9.17, 15) is 0 Å². The predicted octanol–water partition coefficient (Wildman–Crippen LogP) is 1.28. The third-order valence-electron chi connectivity index (χ3n) is 1.06. The minimum Gasteiger partial charge on any atom is -0.494 e. The molecule has 0 bridgehead atoms. The van der Waals surface area contributed by atoms with Crippen molar-refractivity contribution in [3.8, 4) is 5.75 Å². The number of aromatic nitrogens is 1. The number of pyridine rings is 1. The molecule has 0 aliphatic carbocycles. The number of hydrogen-bond acceptors (Lipinski definition) is 3. The lowest BCUT2D eigenvalue weighted by Gasteiger charge is -2.01. The van der Waals surface area contributed by atoms with E-state index >= 15 is 0 Å². The van der Waals surface area contributed by atoms with Crippen LogP contribution in [0.3, 0.4) is 0 Å². The van der Waals surface area contributed by atoms with E-state index in [1.165, 1.54) is 0 Å². The number of nitrogens with zero attached hydrogens (tertiary/aromatic N) is 1. The van der Waals surface area contributed by atoms with Gasteiger partial charge in [0.05, 0.1) is 16.9 Å². The summed E-state index contributed by atoms with van der Waals surface area (Å²) in [6.45, 7) is 0. The van der Waals surface area contributed by atoms with Crippen LogP contribution in [0.1, 0.15) is 0 Å². The molecule has 0 saturated carbocycles. The summed E-state index contributed by atoms with van der Waals surface area (Å²) in [5.41, 5.74) is 5.41. The molecule has 1 heterocycles. The summed E-state index contributed by atoms with van der Waals surface area (Å²) in [4.78, 5) is 3.86. The van der Waals surface area contributed by atoms with E-state index in [-0.39, 0.29) is 0 Å². The standard InChI is InChI=1S/C6H7IN2O/c1-10-5-3-9-6(8)2-4(5)7/h2-3H,1H3,(H2,8,9). The lowest BCUT2D eigenvalue weighted by atomic mass is 10.4. The third kappa shape index (κ3) is 1.50. The second-order valence-electron chi connectivity index (χ2n) is 1.74. The van der Waals surface area contributed by atoms with Crippen LogP contribution >= 0.6 is 22.6 Å². The van der Waals surface area contributed by atoms with Gasteiger partial charge < -0.3 is 10.5 Å². The molecule has 10 heavy (non-hydrogen) atoms. The average Bonchev–Trinajstić information content (AvgIpc) is 1.88. The van der Waals surface area contributed by atoms with Crippen LogP contribution in [0.15, 0.2) is 12.3 Å². The number of methoxy groups -OCH3 is 1. The zero-order valence-corrected chi connectivity index (χ0v) is 7.62. The van der Waals surface area contributed by atoms with Gasteiger partial charge in [-0.2, -0.15) is 0 Å². The van der Waals surface area contributed by atoms with Crippen molar-refractivity contribution in [1.82, 2.24) is 4.98 Å². The maximum atomic E-state index is 5.41. The van der Waals surface area contributed by atoms with Crippen LogP contribution in [-0.4, -0.2) is 12.1 Å². The molecular weight excluding hydrogens is 243 g/mol. The summed E-state index contributed by atoms with van der Waals surface area (Å²) < 4.78 is 5.95. The summed E-state index contributed by atoms with van der Waals surface area (Å²) in [7, 11) is 1.61. The van der Waals surface area contributed by atoms with Gasteiger partial charge in [-0.3, -0.25) is 0 Å². The monoisotopic (exact) mass is 250 g/mol. The first-order valence-corrected chi connectivity index (χ1v) is 3.77. The van der Waals surface area contributed by atoms with Crippen molar-refractivity contribution in [3.05, 3.63) is 15.8 Å². The van der Waals surface area contributed by atoms with E-state index in [0.717, 1.165) is 9.32 Å². The Kier molecular flexibility index (Phi) is 2.31. The van der Waals surface area contributed by atoms with Gasteiger partial charge in [0.2, 0.25) is 0 Å². The molecule has 3 nitrogen and oxygen atoms in total. The van der Waals surface area contributed by atoms with Crippen LogP contribution in [0.4, 0.5) is 5.82 Å². The number of halogens is 1. The van der Waals surface area contributed by atoms with Crippen molar-refractivity contribution < 1.29 is 4.74 Å². The summed E-state index contributed by atoms with van der Waals surface area (Å²) >= 11 is 2.14. The van der Waals surface area contributed by atoms with Crippen molar-refractivity contribution >= 4 is 28.4 Å². The SMILES string of the molecule is COc1cnc(N)cc1I. The number of nitrogens with two attached hydrogens (primary N) is 1. The van der Waals surface area contributed by atoms with Crippen molar-refractivity contribution in [2.24, 2.45) is 0 Å². The lowest BCUT2D eigenvalue weighted by Crippen LogP contribution is -1.93. The first kappa shape index (κ1) is 7.59. The quantitative estimate of drug-likeness (QED) is 0.763. The highest BCUT2D eigenvalue weighted by atomic mass is 127. The first-order valence-electron chi connectivity index (χ1n) is 2.69. The number of rotatable bonds is 1. The fourth-order valence-corrected chi connectivity index (χ4v) is 1.26. The highest BCUT2D eigenvalue weighted by Gasteiger charge is 1.98. The van der Waals surface area contributed by atoms with Gasteiger partial charge in [-0.25, -0.2) is 4.98 Å². The summed E-state index contributed by atoms with van der Waals surface area (Å²) in [5, 5.41) is 0. The molecule has 0 aliphatic rings. The van der Waals surface area contributed by atoms with E-state index in [2.05, 4.69) is 27.6 Å². The molecule has 4 heteroatoms. The Hall–Kier alpha value is -0.520. The maximum Gasteiger partial charge on any atom is 0.150 e. The fourth-order valence-electron chi connectivity index (χ4n) is 0.583. The van der Waals surface area contributed by atoms with Crippen molar-refractivity contribution in [3.63, 3.8) is 0 Å². The van der Waals surface area contributed by atoms with Gasteiger partial charge in [0.15, 0.2) is 5.75 Å². The molecule has 1 aromatic rings. The first-order chi connectivity index (χ1) is 4.74. The molecular formula is C6H7IN2O. The van der Waals surface area contributed by atoms with Gasteiger partial charge in [-0.1, -0.05) is 0 Å². The second kappa shape index (κ2) is 3.05. The lowest BCUT2D eigenvalue weighted by molar-refractivity contribution is 0.410. The summed E-state index contributed by atoms with van der Waals surface area (Å²) in [5.74, 6) is 1.28. The Morgan fingerprint density at radius 1 is 1.70 bits per heavy atom. The number of anilines is 1. The average molecular weight is 250 g/mol. The molecule has 1 rings (SSSR count). The molecule has 2 N–H and O–H groups in total. The zero-order valence-electron chi connectivity index (χ0n) is 5.47. The van der Waals surface area contributed by atoms with E-state index < -0.39 is 0 Å². The van der Waals surface area contributed by atoms with Gasteiger partial charge in [0.1, 0.15) is 5.82 Å². The predicted molar refractivity (Wildman–Crippen MR) is 47.9 cm³/mol. The Morgan fingerprint density at radius 2 is 2.40 bits per heavy atom. The van der Waals surface area contributed by atoms with Crippen LogP contribution in [0.5, 0.6) is 5.75 Å². The Bertz CT molecular complexity index is 239. The highest BCUT2D eigenvalue weighted by molar-refractivity contribution is 14.1. The molecule has 1 aromatic heterocycles. The largest absolute Gasteiger partial charge is 0.494 e. The van der Waals surface area contributed by atoms with Crippen molar-refractivity contribution in [2.45, 2.75) is 0 Å². The molecule has 0 amide bonds. The Morgan fingerprint density at radius 3 is 2.90 bits per heavy atom. The van der Waals surface area contributed by atoms with Gasteiger partial charge >= 0.3 is 0 Å². The van der Waals surface area contributed by atoms with Crippen LogP contribution in [0.25, 0.3) is 0 Å². The summed E-state index contributed by atoms with van der Waals surface area (Å²) in [6.07, 6.45) is 1.61. The van der Waals surface area contributed by atoms with Crippen molar-refractivity contribution in [1.29, 1.82) is 0 Å². The fraction of sp³-hybridized carbons (Fsp3) is 0.167. The molecule has 0 unspecified atom stereocenters. The number of ether oxygens (including phenoxy) is 1. The van der Waals surface area contributed by atoms with Crippen LogP contribution in [-0.2, 0) is 0 Å². The van der Waals surface area contributed by atoms with E-state index in [1.807, 2.05) is 0 Å².